The first-order valence-electron chi connectivity index (χ1n) is 10.1. The van der Waals surface area contributed by atoms with Crippen molar-refractivity contribution >= 4 is 11.8 Å². The highest BCUT2D eigenvalue weighted by molar-refractivity contribution is 5.75. The third kappa shape index (κ3) is 17.5. The predicted octanol–water partition coefficient (Wildman–Crippen LogP) is 6.35. The second-order valence-corrected chi connectivity index (χ2v) is 7.16. The number of carboxylic acid groups (broad SMARTS) is 1. The zero-order valence-electron chi connectivity index (χ0n) is 16.0. The first-order valence-corrected chi connectivity index (χ1v) is 10.1. The lowest BCUT2D eigenvalue weighted by Crippen LogP contribution is -2.07. The zero-order chi connectivity index (χ0) is 18.0. The van der Waals surface area contributed by atoms with Crippen molar-refractivity contribution in [3.63, 3.8) is 0 Å². The lowest BCUT2D eigenvalue weighted by molar-refractivity contribution is -0.137. The Kier molecular flexibility index (Phi) is 16.4. The molecule has 0 aromatic rings. The SMILES string of the molecule is CCCCCCCC[CH]C(CCCCCCCC(=O)O)CC(C)=O. The highest BCUT2D eigenvalue weighted by atomic mass is 16.4. The molecule has 0 saturated heterocycles. The van der Waals surface area contributed by atoms with Crippen molar-refractivity contribution in [1.82, 2.24) is 0 Å². The summed E-state index contributed by atoms with van der Waals surface area (Å²) in [6, 6.07) is 0. The van der Waals surface area contributed by atoms with Crippen LogP contribution in [0.2, 0.25) is 0 Å². The number of hydrogen-bond donors (Lipinski definition) is 1. The topological polar surface area (TPSA) is 54.4 Å². The molecule has 3 nitrogen and oxygen atoms in total. The van der Waals surface area contributed by atoms with Gasteiger partial charge < -0.3 is 9.90 Å². The molecular formula is C21H39O3. The Bertz CT molecular complexity index is 312. The van der Waals surface area contributed by atoms with Crippen LogP contribution in [-0.2, 0) is 9.59 Å². The van der Waals surface area contributed by atoms with Crippen LogP contribution in [0, 0.1) is 12.3 Å². The average molecular weight is 340 g/mol. The van der Waals surface area contributed by atoms with Gasteiger partial charge in [0.25, 0.3) is 0 Å². The van der Waals surface area contributed by atoms with Crippen LogP contribution in [0.5, 0.6) is 0 Å². The van der Waals surface area contributed by atoms with E-state index in [1.165, 1.54) is 38.5 Å². The number of carbonyl (C=O) groups is 2. The molecule has 0 aliphatic carbocycles. The number of rotatable bonds is 18. The maximum Gasteiger partial charge on any atom is 0.303 e. The van der Waals surface area contributed by atoms with Crippen molar-refractivity contribution in [2.45, 2.75) is 110 Å². The smallest absolute Gasteiger partial charge is 0.303 e. The molecule has 24 heavy (non-hydrogen) atoms. The first kappa shape index (κ1) is 23.1. The number of aliphatic carboxylic acids is 1. The molecule has 0 aliphatic heterocycles. The van der Waals surface area contributed by atoms with Gasteiger partial charge in [-0.2, -0.15) is 0 Å². The molecule has 0 bridgehead atoms. The largest absolute Gasteiger partial charge is 0.481 e. The Labute approximate surface area is 149 Å². The van der Waals surface area contributed by atoms with Crippen molar-refractivity contribution in [2.24, 2.45) is 5.92 Å². The number of unbranched alkanes of at least 4 members (excludes halogenated alkanes) is 10. The van der Waals surface area contributed by atoms with E-state index in [2.05, 4.69) is 13.3 Å². The van der Waals surface area contributed by atoms with Crippen LogP contribution in [0.25, 0.3) is 0 Å². The molecule has 0 heterocycles. The summed E-state index contributed by atoms with van der Waals surface area (Å²) < 4.78 is 0. The number of hydrogen-bond acceptors (Lipinski definition) is 2. The van der Waals surface area contributed by atoms with Crippen molar-refractivity contribution in [1.29, 1.82) is 0 Å². The zero-order valence-corrected chi connectivity index (χ0v) is 16.0. The number of ketones is 1. The molecule has 141 valence electrons. The maximum absolute atomic E-state index is 11.4. The highest BCUT2D eigenvalue weighted by Gasteiger charge is 2.11. The fraction of sp³-hybridized carbons (Fsp3) is 0.857. The summed E-state index contributed by atoms with van der Waals surface area (Å²) >= 11 is 0. The van der Waals surface area contributed by atoms with E-state index >= 15 is 0 Å². The monoisotopic (exact) mass is 339 g/mol. The minimum absolute atomic E-state index is 0.291. The van der Waals surface area contributed by atoms with Crippen molar-refractivity contribution < 1.29 is 14.7 Å². The van der Waals surface area contributed by atoms with E-state index in [9.17, 15) is 9.59 Å². The number of carbonyl (C=O) groups excluding carboxylic acids is 1. The summed E-state index contributed by atoms with van der Waals surface area (Å²) in [7, 11) is 0. The molecule has 1 unspecified atom stereocenters. The normalized spacial score (nSPS) is 12.2. The highest BCUT2D eigenvalue weighted by Crippen LogP contribution is 2.21. The van der Waals surface area contributed by atoms with E-state index in [0.717, 1.165) is 44.9 Å². The second-order valence-electron chi connectivity index (χ2n) is 7.16. The molecular weight excluding hydrogens is 300 g/mol. The second kappa shape index (κ2) is 17.0. The fourth-order valence-electron chi connectivity index (χ4n) is 3.16. The molecule has 0 rings (SSSR count). The van der Waals surface area contributed by atoms with Gasteiger partial charge in [0.2, 0.25) is 0 Å². The van der Waals surface area contributed by atoms with E-state index < -0.39 is 5.97 Å². The Hall–Kier alpha value is -0.860. The first-order chi connectivity index (χ1) is 11.6. The van der Waals surface area contributed by atoms with E-state index in [4.69, 9.17) is 5.11 Å². The Balaban J connectivity index is 3.66. The molecule has 1 radical (unpaired) electrons. The van der Waals surface area contributed by atoms with Gasteiger partial charge in [0.1, 0.15) is 5.78 Å². The van der Waals surface area contributed by atoms with Crippen LogP contribution in [0.15, 0.2) is 0 Å². The summed E-state index contributed by atoms with van der Waals surface area (Å²) in [5, 5.41) is 8.60. The van der Waals surface area contributed by atoms with Gasteiger partial charge in [0, 0.05) is 12.8 Å². The molecule has 0 spiro atoms. The minimum atomic E-state index is -0.694. The van der Waals surface area contributed by atoms with Crippen LogP contribution in [0.3, 0.4) is 0 Å². The standard InChI is InChI=1S/C21H39O3/c1-3-4-5-6-7-9-12-15-20(18-19(2)22)16-13-10-8-11-14-17-21(23)24/h15,20H,3-14,16-18H2,1-2H3,(H,23,24). The molecule has 0 aromatic carbocycles. The van der Waals surface area contributed by atoms with Gasteiger partial charge in [-0.05, 0) is 38.5 Å². The van der Waals surface area contributed by atoms with E-state index in [0.29, 0.717) is 24.5 Å². The predicted molar refractivity (Wildman–Crippen MR) is 101 cm³/mol. The third-order valence-corrected chi connectivity index (χ3v) is 4.57. The van der Waals surface area contributed by atoms with Crippen LogP contribution >= 0.6 is 0 Å². The molecule has 0 amide bonds. The number of Topliss-reactive ketones (excluding diaryl/α,β-unsaturated/α-hetero) is 1. The van der Waals surface area contributed by atoms with Crippen molar-refractivity contribution in [3.05, 3.63) is 6.42 Å². The summed E-state index contributed by atoms with van der Waals surface area (Å²) in [6.45, 7) is 3.93. The summed E-state index contributed by atoms with van der Waals surface area (Å²) in [6.07, 6.45) is 18.7. The van der Waals surface area contributed by atoms with Gasteiger partial charge in [-0.3, -0.25) is 4.79 Å². The van der Waals surface area contributed by atoms with Gasteiger partial charge in [-0.15, -0.1) is 0 Å². The average Bonchev–Trinajstić information content (AvgIpc) is 2.52. The lowest BCUT2D eigenvalue weighted by atomic mass is 9.90. The molecule has 1 atom stereocenters. The third-order valence-electron chi connectivity index (χ3n) is 4.57. The van der Waals surface area contributed by atoms with Gasteiger partial charge in [-0.25, -0.2) is 0 Å². The Morgan fingerprint density at radius 2 is 1.46 bits per heavy atom. The molecule has 0 saturated carbocycles. The minimum Gasteiger partial charge on any atom is -0.481 e. The molecule has 0 fully saturated rings. The lowest BCUT2D eigenvalue weighted by Gasteiger charge is -2.15. The van der Waals surface area contributed by atoms with Crippen LogP contribution in [0.4, 0.5) is 0 Å². The Morgan fingerprint density at radius 1 is 0.875 bits per heavy atom. The van der Waals surface area contributed by atoms with E-state index in [1.54, 1.807) is 6.92 Å². The quantitative estimate of drug-likeness (QED) is 0.296. The fourth-order valence-corrected chi connectivity index (χ4v) is 3.16. The van der Waals surface area contributed by atoms with Crippen molar-refractivity contribution in [3.8, 4) is 0 Å². The molecule has 1 N–H and O–H groups in total. The summed E-state index contributed by atoms with van der Waals surface area (Å²) in [4.78, 5) is 21.9. The van der Waals surface area contributed by atoms with E-state index in [-0.39, 0.29) is 0 Å². The van der Waals surface area contributed by atoms with Gasteiger partial charge in [-0.1, -0.05) is 71.1 Å². The van der Waals surface area contributed by atoms with Gasteiger partial charge in [0.15, 0.2) is 0 Å². The van der Waals surface area contributed by atoms with Crippen LogP contribution in [0.1, 0.15) is 110 Å². The number of carboxylic acids is 1. The summed E-state index contributed by atoms with van der Waals surface area (Å²) in [5.74, 6) is 0.0404. The molecule has 0 aromatic heterocycles. The van der Waals surface area contributed by atoms with Crippen LogP contribution < -0.4 is 0 Å². The molecule has 0 aliphatic rings. The van der Waals surface area contributed by atoms with Gasteiger partial charge in [0.05, 0.1) is 0 Å². The van der Waals surface area contributed by atoms with E-state index in [1.807, 2.05) is 0 Å². The Morgan fingerprint density at radius 3 is 2.08 bits per heavy atom. The maximum atomic E-state index is 11.4. The van der Waals surface area contributed by atoms with Gasteiger partial charge >= 0.3 is 5.97 Å². The molecule has 3 heteroatoms. The van der Waals surface area contributed by atoms with Crippen molar-refractivity contribution in [2.75, 3.05) is 0 Å². The van der Waals surface area contributed by atoms with Crippen LogP contribution in [-0.4, -0.2) is 16.9 Å². The summed E-state index contributed by atoms with van der Waals surface area (Å²) in [5.41, 5.74) is 0.